The van der Waals surface area contributed by atoms with Gasteiger partial charge in [0.15, 0.2) is 0 Å². The fourth-order valence-corrected chi connectivity index (χ4v) is 2.37. The van der Waals surface area contributed by atoms with Gasteiger partial charge >= 0.3 is 0 Å². The van der Waals surface area contributed by atoms with Gasteiger partial charge in [0, 0.05) is 13.2 Å². The van der Waals surface area contributed by atoms with Crippen molar-refractivity contribution in [3.63, 3.8) is 0 Å². The second-order valence-electron chi connectivity index (χ2n) is 4.72. The maximum Gasteiger partial charge on any atom is 0.0951 e. The molecule has 2 heteroatoms. The highest BCUT2D eigenvalue weighted by Crippen LogP contribution is 2.23. The van der Waals surface area contributed by atoms with E-state index in [1.807, 2.05) is 0 Å². The Morgan fingerprint density at radius 2 is 2.18 bits per heavy atom. The highest BCUT2D eigenvalue weighted by Gasteiger charge is 2.17. The minimum atomic E-state index is 0.241. The zero-order valence-corrected chi connectivity index (χ0v) is 10.7. The van der Waals surface area contributed by atoms with E-state index in [4.69, 9.17) is 4.74 Å². The maximum absolute atomic E-state index is 6.03. The lowest BCUT2D eigenvalue weighted by atomic mass is 10.0. The van der Waals surface area contributed by atoms with Crippen LogP contribution in [0.2, 0.25) is 0 Å². The van der Waals surface area contributed by atoms with Gasteiger partial charge in [0.25, 0.3) is 0 Å². The number of ether oxygens (including phenoxy) is 1. The summed E-state index contributed by atoms with van der Waals surface area (Å²) < 4.78 is 6.03. The van der Waals surface area contributed by atoms with Gasteiger partial charge in [-0.25, -0.2) is 0 Å². The van der Waals surface area contributed by atoms with Crippen molar-refractivity contribution in [2.45, 2.75) is 38.7 Å². The highest BCUT2D eigenvalue weighted by molar-refractivity contribution is 5.30. The Labute approximate surface area is 104 Å². The number of fused-ring (bicyclic) bond motifs is 1. The molecule has 0 aliphatic carbocycles. The van der Waals surface area contributed by atoms with Crippen LogP contribution in [0.5, 0.6) is 0 Å². The van der Waals surface area contributed by atoms with Gasteiger partial charge in [-0.1, -0.05) is 44.0 Å². The Hall–Kier alpha value is -0.860. The summed E-state index contributed by atoms with van der Waals surface area (Å²) in [5, 5.41) is 3.46. The Morgan fingerprint density at radius 3 is 3.06 bits per heavy atom. The Morgan fingerprint density at radius 1 is 1.29 bits per heavy atom. The van der Waals surface area contributed by atoms with E-state index in [0.717, 1.165) is 26.1 Å². The number of benzene rings is 1. The summed E-state index contributed by atoms with van der Waals surface area (Å²) in [6.07, 6.45) is 5.05. The molecule has 1 aromatic carbocycles. The molecule has 0 fully saturated rings. The van der Waals surface area contributed by atoms with E-state index in [9.17, 15) is 0 Å². The van der Waals surface area contributed by atoms with Gasteiger partial charge in [-0.15, -0.1) is 0 Å². The predicted molar refractivity (Wildman–Crippen MR) is 71.2 cm³/mol. The van der Waals surface area contributed by atoms with Crippen LogP contribution in [0.25, 0.3) is 0 Å². The summed E-state index contributed by atoms with van der Waals surface area (Å²) in [6, 6.07) is 8.68. The molecule has 0 saturated carbocycles. The molecule has 0 bridgehead atoms. The lowest BCUT2D eigenvalue weighted by Gasteiger charge is -2.18. The average molecular weight is 233 g/mol. The Balaban J connectivity index is 1.97. The molecule has 0 spiro atoms. The zero-order chi connectivity index (χ0) is 11.9. The first kappa shape index (κ1) is 12.6. The number of nitrogens with one attached hydrogen (secondary N) is 1. The van der Waals surface area contributed by atoms with Gasteiger partial charge in [0.05, 0.1) is 6.10 Å². The van der Waals surface area contributed by atoms with Crippen molar-refractivity contribution in [1.29, 1.82) is 0 Å². The lowest BCUT2D eigenvalue weighted by Crippen LogP contribution is -2.22. The summed E-state index contributed by atoms with van der Waals surface area (Å²) in [6.45, 7) is 5.12. The first-order valence-electron chi connectivity index (χ1n) is 6.82. The monoisotopic (exact) mass is 233 g/mol. The smallest absolute Gasteiger partial charge is 0.0951 e. The van der Waals surface area contributed by atoms with Crippen molar-refractivity contribution < 1.29 is 4.74 Å². The number of rotatable bonds is 5. The quantitative estimate of drug-likeness (QED) is 0.789. The van der Waals surface area contributed by atoms with Crippen molar-refractivity contribution in [2.75, 3.05) is 19.7 Å². The summed E-state index contributed by atoms with van der Waals surface area (Å²) in [4.78, 5) is 0. The van der Waals surface area contributed by atoms with Crippen molar-refractivity contribution in [3.05, 3.63) is 35.4 Å². The second kappa shape index (κ2) is 6.77. The molecule has 0 amide bonds. The highest BCUT2D eigenvalue weighted by atomic mass is 16.5. The number of hydrogen-bond donors (Lipinski definition) is 1. The topological polar surface area (TPSA) is 21.3 Å². The van der Waals surface area contributed by atoms with Crippen LogP contribution < -0.4 is 5.32 Å². The second-order valence-corrected chi connectivity index (χ2v) is 4.72. The molecule has 1 aliphatic rings. The summed E-state index contributed by atoms with van der Waals surface area (Å²) >= 11 is 0. The molecule has 1 unspecified atom stereocenters. The van der Waals surface area contributed by atoms with Crippen molar-refractivity contribution in [3.8, 4) is 0 Å². The van der Waals surface area contributed by atoms with Crippen LogP contribution in [-0.4, -0.2) is 19.7 Å². The van der Waals surface area contributed by atoms with E-state index in [1.165, 1.54) is 30.4 Å². The van der Waals surface area contributed by atoms with Crippen LogP contribution in [0.4, 0.5) is 0 Å². The summed E-state index contributed by atoms with van der Waals surface area (Å²) in [5.41, 5.74) is 2.83. The molecule has 0 radical (unpaired) electrons. The van der Waals surface area contributed by atoms with Crippen LogP contribution in [0.3, 0.4) is 0 Å². The third-order valence-electron chi connectivity index (χ3n) is 3.37. The largest absolute Gasteiger partial charge is 0.372 e. The molecule has 0 saturated heterocycles. The molecular weight excluding hydrogens is 210 g/mol. The van der Waals surface area contributed by atoms with E-state index >= 15 is 0 Å². The minimum absolute atomic E-state index is 0.241. The summed E-state index contributed by atoms with van der Waals surface area (Å²) in [5.74, 6) is 0. The van der Waals surface area contributed by atoms with Crippen molar-refractivity contribution in [1.82, 2.24) is 5.32 Å². The third-order valence-corrected chi connectivity index (χ3v) is 3.37. The van der Waals surface area contributed by atoms with E-state index in [-0.39, 0.29) is 6.10 Å². The standard InChI is InChI=1S/C15H23NO/c1-2-3-6-11-17-15-12-16-10-9-13-7-4-5-8-14(13)15/h4-5,7-8,15-16H,2-3,6,9-12H2,1H3. The van der Waals surface area contributed by atoms with Gasteiger partial charge in [-0.3, -0.25) is 0 Å². The fraction of sp³-hybridized carbons (Fsp3) is 0.600. The first-order valence-corrected chi connectivity index (χ1v) is 6.82. The van der Waals surface area contributed by atoms with Crippen LogP contribution in [-0.2, 0) is 11.2 Å². The normalized spacial score (nSPS) is 19.7. The zero-order valence-electron chi connectivity index (χ0n) is 10.7. The maximum atomic E-state index is 6.03. The van der Waals surface area contributed by atoms with Gasteiger partial charge in [-0.05, 0) is 30.5 Å². The lowest BCUT2D eigenvalue weighted by molar-refractivity contribution is 0.0515. The van der Waals surface area contributed by atoms with E-state index in [0.29, 0.717) is 0 Å². The van der Waals surface area contributed by atoms with Crippen LogP contribution in [0, 0.1) is 0 Å². The van der Waals surface area contributed by atoms with Crippen LogP contribution >= 0.6 is 0 Å². The Bertz CT molecular complexity index is 337. The van der Waals surface area contributed by atoms with Crippen LogP contribution in [0.1, 0.15) is 43.4 Å². The molecule has 1 aromatic rings. The van der Waals surface area contributed by atoms with Gasteiger partial charge < -0.3 is 10.1 Å². The molecule has 1 N–H and O–H groups in total. The van der Waals surface area contributed by atoms with Crippen molar-refractivity contribution in [2.24, 2.45) is 0 Å². The molecule has 2 rings (SSSR count). The molecule has 94 valence electrons. The van der Waals surface area contributed by atoms with Crippen LogP contribution in [0.15, 0.2) is 24.3 Å². The number of unbranched alkanes of at least 4 members (excludes halogenated alkanes) is 2. The summed E-state index contributed by atoms with van der Waals surface area (Å²) in [7, 11) is 0. The molecule has 1 heterocycles. The molecular formula is C15H23NO. The van der Waals surface area contributed by atoms with Gasteiger partial charge in [0.1, 0.15) is 0 Å². The van der Waals surface area contributed by atoms with E-state index in [1.54, 1.807) is 0 Å². The van der Waals surface area contributed by atoms with E-state index < -0.39 is 0 Å². The minimum Gasteiger partial charge on any atom is -0.372 e. The molecule has 0 aromatic heterocycles. The first-order chi connectivity index (χ1) is 8.42. The SMILES string of the molecule is CCCCCOC1CNCCc2ccccc21. The molecule has 17 heavy (non-hydrogen) atoms. The average Bonchev–Trinajstić information content (AvgIpc) is 2.57. The Kier molecular flexibility index (Phi) is 5.02. The van der Waals surface area contributed by atoms with Gasteiger partial charge in [0.2, 0.25) is 0 Å². The molecule has 1 aliphatic heterocycles. The van der Waals surface area contributed by atoms with Crippen molar-refractivity contribution >= 4 is 0 Å². The third kappa shape index (κ3) is 3.55. The van der Waals surface area contributed by atoms with E-state index in [2.05, 4.69) is 36.5 Å². The predicted octanol–water partition coefficient (Wildman–Crippen LogP) is 3.08. The molecule has 1 atom stereocenters. The molecule has 2 nitrogen and oxygen atoms in total. The number of hydrogen-bond acceptors (Lipinski definition) is 2. The van der Waals surface area contributed by atoms with Gasteiger partial charge in [-0.2, -0.15) is 0 Å². The fourth-order valence-electron chi connectivity index (χ4n) is 2.37.